The lowest BCUT2D eigenvalue weighted by molar-refractivity contribution is -0.394. The molecular formula is C13H17N3O5. The van der Waals surface area contributed by atoms with Crippen LogP contribution in [-0.2, 0) is 11.3 Å². The van der Waals surface area contributed by atoms with Crippen LogP contribution in [0.25, 0.3) is 0 Å². The van der Waals surface area contributed by atoms with E-state index in [1.54, 1.807) is 0 Å². The van der Waals surface area contributed by atoms with Crippen molar-refractivity contribution < 1.29 is 14.6 Å². The number of benzene rings is 1. The summed E-state index contributed by atoms with van der Waals surface area (Å²) >= 11 is 0. The average Bonchev–Trinajstić information content (AvgIpc) is 2.96. The van der Waals surface area contributed by atoms with Crippen molar-refractivity contribution in [2.24, 2.45) is 5.92 Å². The van der Waals surface area contributed by atoms with E-state index < -0.39 is 9.85 Å². The Morgan fingerprint density at radius 3 is 2.71 bits per heavy atom. The zero-order valence-corrected chi connectivity index (χ0v) is 11.5. The van der Waals surface area contributed by atoms with Crippen LogP contribution in [0.1, 0.15) is 18.4 Å². The van der Waals surface area contributed by atoms with E-state index in [0.29, 0.717) is 18.1 Å². The Morgan fingerprint density at radius 1 is 1.29 bits per heavy atom. The second kappa shape index (κ2) is 7.09. The van der Waals surface area contributed by atoms with E-state index in [2.05, 4.69) is 5.32 Å². The molecule has 0 saturated carbocycles. The molecule has 0 radical (unpaired) electrons. The third-order valence-electron chi connectivity index (χ3n) is 3.57. The second-order valence-corrected chi connectivity index (χ2v) is 5.03. The molecule has 1 atom stereocenters. The summed E-state index contributed by atoms with van der Waals surface area (Å²) in [4.78, 5) is 20.3. The smallest absolute Gasteiger partial charge is 0.281 e. The molecule has 1 heterocycles. The van der Waals surface area contributed by atoms with Gasteiger partial charge in [-0.3, -0.25) is 20.2 Å². The summed E-state index contributed by atoms with van der Waals surface area (Å²) < 4.78 is 5.47. The highest BCUT2D eigenvalue weighted by atomic mass is 16.6. The number of nitrogens with zero attached hydrogens (tertiary/aromatic N) is 2. The van der Waals surface area contributed by atoms with E-state index >= 15 is 0 Å². The maximum atomic E-state index is 11.0. The monoisotopic (exact) mass is 295 g/mol. The number of nitro benzene ring substituents is 2. The molecule has 1 aromatic carbocycles. The Bertz CT molecular complexity index is 529. The van der Waals surface area contributed by atoms with Crippen LogP contribution in [0.2, 0.25) is 0 Å². The Labute approximate surface area is 121 Å². The van der Waals surface area contributed by atoms with Crippen molar-refractivity contribution in [1.29, 1.82) is 0 Å². The van der Waals surface area contributed by atoms with Crippen LogP contribution in [0.3, 0.4) is 0 Å². The fraction of sp³-hybridized carbons (Fsp3) is 0.538. The molecule has 1 fully saturated rings. The molecule has 8 nitrogen and oxygen atoms in total. The van der Waals surface area contributed by atoms with Gasteiger partial charge in [-0.15, -0.1) is 0 Å². The summed E-state index contributed by atoms with van der Waals surface area (Å²) in [6.45, 7) is 2.63. The molecule has 0 spiro atoms. The van der Waals surface area contributed by atoms with Crippen LogP contribution in [0.4, 0.5) is 11.4 Å². The minimum atomic E-state index is -0.648. The first kappa shape index (κ1) is 15.3. The van der Waals surface area contributed by atoms with Gasteiger partial charge in [-0.2, -0.15) is 0 Å². The van der Waals surface area contributed by atoms with Crippen molar-refractivity contribution >= 4 is 11.4 Å². The molecule has 2 rings (SSSR count). The van der Waals surface area contributed by atoms with Gasteiger partial charge in [0, 0.05) is 12.7 Å². The zero-order chi connectivity index (χ0) is 15.2. The van der Waals surface area contributed by atoms with Gasteiger partial charge >= 0.3 is 0 Å². The van der Waals surface area contributed by atoms with Crippen LogP contribution in [0, 0.1) is 26.1 Å². The predicted octanol–water partition coefficient (Wildman–Crippen LogP) is 2.02. The highest BCUT2D eigenvalue weighted by Crippen LogP contribution is 2.25. The van der Waals surface area contributed by atoms with Crippen LogP contribution >= 0.6 is 0 Å². The van der Waals surface area contributed by atoms with Crippen molar-refractivity contribution in [2.75, 3.05) is 19.7 Å². The second-order valence-electron chi connectivity index (χ2n) is 5.03. The minimum Gasteiger partial charge on any atom is -0.376 e. The molecule has 8 heteroatoms. The maximum absolute atomic E-state index is 11.0. The number of nitrogens with one attached hydrogen (secondary N) is 1. The Kier molecular flexibility index (Phi) is 5.18. The van der Waals surface area contributed by atoms with Gasteiger partial charge in [-0.05, 0) is 37.9 Å². The number of hydrogen-bond acceptors (Lipinski definition) is 6. The van der Waals surface area contributed by atoms with Gasteiger partial charge < -0.3 is 10.1 Å². The fourth-order valence-electron chi connectivity index (χ4n) is 2.35. The van der Waals surface area contributed by atoms with Crippen LogP contribution in [-0.4, -0.2) is 29.5 Å². The molecule has 1 saturated heterocycles. The molecular weight excluding hydrogens is 278 g/mol. The summed E-state index contributed by atoms with van der Waals surface area (Å²) in [6, 6.07) is 3.61. The average molecular weight is 295 g/mol. The van der Waals surface area contributed by atoms with Gasteiger partial charge in [-0.1, -0.05) is 0 Å². The molecule has 21 heavy (non-hydrogen) atoms. The largest absolute Gasteiger partial charge is 0.376 e. The van der Waals surface area contributed by atoms with Gasteiger partial charge in [-0.25, -0.2) is 0 Å². The predicted molar refractivity (Wildman–Crippen MR) is 75.0 cm³/mol. The third kappa shape index (κ3) is 4.20. The molecule has 1 N–H and O–H groups in total. The summed E-state index contributed by atoms with van der Waals surface area (Å²) in [6.07, 6.45) is 2.04. The minimum absolute atomic E-state index is 0.0917. The van der Waals surface area contributed by atoms with Crippen molar-refractivity contribution in [3.63, 3.8) is 0 Å². The summed E-state index contributed by atoms with van der Waals surface area (Å²) in [7, 11) is 0. The molecule has 0 aromatic heterocycles. The lowest BCUT2D eigenvalue weighted by Crippen LogP contribution is -2.11. The van der Waals surface area contributed by atoms with E-state index in [-0.39, 0.29) is 18.0 Å². The van der Waals surface area contributed by atoms with Gasteiger partial charge in [0.2, 0.25) is 0 Å². The van der Waals surface area contributed by atoms with E-state index in [1.807, 2.05) is 0 Å². The van der Waals surface area contributed by atoms with Crippen molar-refractivity contribution in [3.8, 4) is 0 Å². The first-order valence-electron chi connectivity index (χ1n) is 6.78. The van der Waals surface area contributed by atoms with Gasteiger partial charge in [0.15, 0.2) is 0 Å². The molecule has 1 unspecified atom stereocenters. The maximum Gasteiger partial charge on any atom is 0.281 e. The van der Waals surface area contributed by atoms with E-state index in [9.17, 15) is 20.2 Å². The third-order valence-corrected chi connectivity index (χ3v) is 3.57. The molecule has 1 aliphatic rings. The summed E-state index contributed by atoms with van der Waals surface area (Å²) in [5.74, 6) is 0.594. The number of rotatable bonds is 7. The topological polar surface area (TPSA) is 108 Å². The van der Waals surface area contributed by atoms with Gasteiger partial charge in [0.1, 0.15) is 0 Å². The molecule has 1 aromatic rings. The zero-order valence-electron chi connectivity index (χ0n) is 11.5. The lowest BCUT2D eigenvalue weighted by Gasteiger charge is -2.09. The first-order valence-corrected chi connectivity index (χ1v) is 6.78. The molecule has 114 valence electrons. The van der Waals surface area contributed by atoms with Gasteiger partial charge in [0.05, 0.1) is 28.1 Å². The van der Waals surface area contributed by atoms with Crippen molar-refractivity contribution in [1.82, 2.24) is 5.32 Å². The quantitative estimate of drug-likeness (QED) is 0.468. The summed E-state index contributed by atoms with van der Waals surface area (Å²) in [5, 5.41) is 24.9. The number of ether oxygens (including phenoxy) is 1. The molecule has 0 bridgehead atoms. The molecule has 0 aliphatic carbocycles. The Morgan fingerprint density at radius 2 is 2.10 bits per heavy atom. The Balaban J connectivity index is 1.92. The standard InChI is InChI=1S/C13H17N3O5/c17-15(18)12-2-1-11(13(7-12)16(19)20)9-21-6-4-10-3-5-14-8-10/h1-2,7,10,14H,3-6,8-9H2. The number of nitro groups is 2. The summed E-state index contributed by atoms with van der Waals surface area (Å²) in [5.41, 5.74) is -0.204. The van der Waals surface area contributed by atoms with Crippen molar-refractivity contribution in [3.05, 3.63) is 44.0 Å². The highest BCUT2D eigenvalue weighted by Gasteiger charge is 2.19. The van der Waals surface area contributed by atoms with Crippen LogP contribution < -0.4 is 5.32 Å². The van der Waals surface area contributed by atoms with E-state index in [0.717, 1.165) is 32.0 Å². The molecule has 1 aliphatic heterocycles. The van der Waals surface area contributed by atoms with E-state index in [4.69, 9.17) is 4.74 Å². The van der Waals surface area contributed by atoms with Crippen molar-refractivity contribution in [2.45, 2.75) is 19.4 Å². The number of hydrogen-bond donors (Lipinski definition) is 1. The van der Waals surface area contributed by atoms with Gasteiger partial charge in [0.25, 0.3) is 11.4 Å². The first-order chi connectivity index (χ1) is 10.1. The Hall–Kier alpha value is -2.06. The molecule has 0 amide bonds. The van der Waals surface area contributed by atoms with Crippen LogP contribution in [0.15, 0.2) is 18.2 Å². The van der Waals surface area contributed by atoms with E-state index in [1.165, 1.54) is 12.1 Å². The highest BCUT2D eigenvalue weighted by molar-refractivity contribution is 5.48. The number of non-ortho nitro benzene ring substituents is 1. The lowest BCUT2D eigenvalue weighted by atomic mass is 10.1. The fourth-order valence-corrected chi connectivity index (χ4v) is 2.35. The normalized spacial score (nSPS) is 17.8. The van der Waals surface area contributed by atoms with Crippen LogP contribution in [0.5, 0.6) is 0 Å². The SMILES string of the molecule is O=[N+]([O-])c1ccc(COCCC2CCNC2)c([N+](=O)[O-])c1.